The van der Waals surface area contributed by atoms with Crippen molar-refractivity contribution in [3.05, 3.63) is 86.4 Å². The molecule has 2 atom stereocenters. The number of carbonyl (C=O) groups excluding carboxylic acids is 1. The monoisotopic (exact) mass is 373 g/mol. The minimum atomic E-state index is -0.717. The summed E-state index contributed by atoms with van der Waals surface area (Å²) in [4.78, 5) is 43.3. The molecule has 2 aromatic carbocycles. The number of aromatic amines is 2. The Bertz CT molecular complexity index is 1220. The SMILES string of the molecule is O=C(c1ccc2[nH]c(=O)c(=O)[nH]c2c1)N1C2C=C(c3ccccc3)CC1CC2. The lowest BCUT2D eigenvalue weighted by Crippen LogP contribution is -2.43. The number of aromatic nitrogens is 2. The lowest BCUT2D eigenvalue weighted by molar-refractivity contribution is 0.0692. The fourth-order valence-corrected chi connectivity index (χ4v) is 4.41. The molecule has 2 aliphatic rings. The van der Waals surface area contributed by atoms with Gasteiger partial charge in [0.1, 0.15) is 0 Å². The molecule has 5 rings (SSSR count). The maximum absolute atomic E-state index is 13.2. The Balaban J connectivity index is 1.49. The molecule has 6 nitrogen and oxygen atoms in total. The summed E-state index contributed by atoms with van der Waals surface area (Å²) in [5, 5.41) is 0. The number of hydrogen-bond donors (Lipinski definition) is 2. The van der Waals surface area contributed by atoms with E-state index in [0.29, 0.717) is 16.6 Å². The zero-order chi connectivity index (χ0) is 19.3. The van der Waals surface area contributed by atoms with Crippen LogP contribution in [-0.4, -0.2) is 32.9 Å². The van der Waals surface area contributed by atoms with Crippen molar-refractivity contribution in [2.45, 2.75) is 31.3 Å². The number of nitrogens with zero attached hydrogens (tertiary/aromatic N) is 1. The van der Waals surface area contributed by atoms with Crippen LogP contribution in [0.15, 0.2) is 64.2 Å². The predicted molar refractivity (Wildman–Crippen MR) is 107 cm³/mol. The molecule has 6 heteroatoms. The number of fused-ring (bicyclic) bond motifs is 3. The molecule has 0 radical (unpaired) electrons. The molecule has 0 saturated carbocycles. The molecule has 28 heavy (non-hydrogen) atoms. The normalized spacial score (nSPS) is 21.0. The molecule has 3 aromatic rings. The van der Waals surface area contributed by atoms with E-state index >= 15 is 0 Å². The fourth-order valence-electron chi connectivity index (χ4n) is 4.41. The zero-order valence-electron chi connectivity index (χ0n) is 15.1. The van der Waals surface area contributed by atoms with Crippen LogP contribution >= 0.6 is 0 Å². The number of benzene rings is 2. The number of rotatable bonds is 2. The van der Waals surface area contributed by atoms with Crippen molar-refractivity contribution in [2.24, 2.45) is 0 Å². The molecule has 0 spiro atoms. The van der Waals surface area contributed by atoms with Gasteiger partial charge >= 0.3 is 11.1 Å². The second-order valence-electron chi connectivity index (χ2n) is 7.44. The Morgan fingerprint density at radius 3 is 2.43 bits per heavy atom. The Kier molecular flexibility index (Phi) is 3.79. The van der Waals surface area contributed by atoms with Crippen LogP contribution in [0.3, 0.4) is 0 Å². The molecular formula is C22H19N3O3. The Morgan fingerprint density at radius 1 is 0.929 bits per heavy atom. The first kappa shape index (κ1) is 16.7. The Hall–Kier alpha value is -3.41. The fraction of sp³-hybridized carbons (Fsp3) is 0.227. The van der Waals surface area contributed by atoms with E-state index in [4.69, 9.17) is 0 Å². The summed E-state index contributed by atoms with van der Waals surface area (Å²) >= 11 is 0. The topological polar surface area (TPSA) is 86.0 Å². The van der Waals surface area contributed by atoms with E-state index < -0.39 is 11.1 Å². The average molecular weight is 373 g/mol. The van der Waals surface area contributed by atoms with Crippen molar-refractivity contribution in [3.8, 4) is 0 Å². The van der Waals surface area contributed by atoms with E-state index in [0.717, 1.165) is 19.3 Å². The van der Waals surface area contributed by atoms with Gasteiger partial charge in [0.2, 0.25) is 0 Å². The van der Waals surface area contributed by atoms with Gasteiger partial charge in [-0.3, -0.25) is 14.4 Å². The van der Waals surface area contributed by atoms with Crippen molar-refractivity contribution in [1.82, 2.24) is 14.9 Å². The van der Waals surface area contributed by atoms with Gasteiger partial charge in [0.15, 0.2) is 0 Å². The minimum absolute atomic E-state index is 0.0372. The minimum Gasteiger partial charge on any atom is -0.329 e. The maximum atomic E-state index is 13.2. The first-order chi connectivity index (χ1) is 13.6. The molecule has 2 unspecified atom stereocenters. The lowest BCUT2D eigenvalue weighted by Gasteiger charge is -2.34. The Labute approximate surface area is 160 Å². The highest BCUT2D eigenvalue weighted by atomic mass is 16.2. The van der Waals surface area contributed by atoms with Gasteiger partial charge < -0.3 is 14.9 Å². The van der Waals surface area contributed by atoms with Gasteiger partial charge in [0.05, 0.1) is 17.1 Å². The first-order valence-corrected chi connectivity index (χ1v) is 9.45. The molecule has 3 heterocycles. The van der Waals surface area contributed by atoms with Crippen LogP contribution < -0.4 is 11.1 Å². The van der Waals surface area contributed by atoms with Gasteiger partial charge in [-0.2, -0.15) is 0 Å². The first-order valence-electron chi connectivity index (χ1n) is 9.45. The number of nitrogens with one attached hydrogen (secondary N) is 2. The highest BCUT2D eigenvalue weighted by Crippen LogP contribution is 2.39. The van der Waals surface area contributed by atoms with Crippen molar-refractivity contribution in [1.29, 1.82) is 0 Å². The van der Waals surface area contributed by atoms with E-state index in [1.165, 1.54) is 11.1 Å². The van der Waals surface area contributed by atoms with Crippen LogP contribution in [0.5, 0.6) is 0 Å². The van der Waals surface area contributed by atoms with Gasteiger partial charge in [0.25, 0.3) is 5.91 Å². The van der Waals surface area contributed by atoms with E-state index in [1.807, 2.05) is 23.1 Å². The largest absolute Gasteiger partial charge is 0.329 e. The van der Waals surface area contributed by atoms with Crippen LogP contribution in [0.25, 0.3) is 16.6 Å². The quantitative estimate of drug-likeness (QED) is 0.677. The average Bonchev–Trinajstić information content (AvgIpc) is 2.98. The van der Waals surface area contributed by atoms with Crippen LogP contribution in [0.4, 0.5) is 0 Å². The van der Waals surface area contributed by atoms with E-state index in [9.17, 15) is 14.4 Å². The van der Waals surface area contributed by atoms with Gasteiger partial charge in [-0.1, -0.05) is 36.4 Å². The van der Waals surface area contributed by atoms with E-state index in [2.05, 4.69) is 28.2 Å². The Morgan fingerprint density at radius 2 is 1.68 bits per heavy atom. The number of amides is 1. The molecule has 140 valence electrons. The van der Waals surface area contributed by atoms with Crippen molar-refractivity contribution in [2.75, 3.05) is 0 Å². The second kappa shape index (κ2) is 6.34. The lowest BCUT2D eigenvalue weighted by atomic mass is 9.94. The van der Waals surface area contributed by atoms with Gasteiger partial charge in [0, 0.05) is 11.6 Å². The molecule has 1 aromatic heterocycles. The number of carbonyl (C=O) groups is 1. The third kappa shape index (κ3) is 2.69. The summed E-state index contributed by atoms with van der Waals surface area (Å²) in [6.45, 7) is 0. The summed E-state index contributed by atoms with van der Waals surface area (Å²) in [6.07, 6.45) is 5.02. The zero-order valence-corrected chi connectivity index (χ0v) is 15.1. The standard InChI is InChI=1S/C22H19N3O3/c26-20-21(27)24-19-12-14(6-9-18(19)23-20)22(28)25-16-7-8-17(25)11-15(10-16)13-4-2-1-3-5-13/h1-6,9-10,12,16-17H,7-8,11H2,(H,23,26)(H,24,27). The second-order valence-corrected chi connectivity index (χ2v) is 7.44. The van der Waals surface area contributed by atoms with Gasteiger partial charge in [-0.05, 0) is 48.6 Å². The predicted octanol–water partition coefficient (Wildman–Crippen LogP) is 2.68. The summed E-state index contributed by atoms with van der Waals surface area (Å²) in [5.74, 6) is -0.0372. The van der Waals surface area contributed by atoms with E-state index in [-0.39, 0.29) is 18.0 Å². The smallest absolute Gasteiger partial charge is 0.314 e. The van der Waals surface area contributed by atoms with Crippen LogP contribution in [-0.2, 0) is 0 Å². The third-order valence-electron chi connectivity index (χ3n) is 5.74. The molecule has 1 amide bonds. The highest BCUT2D eigenvalue weighted by Gasteiger charge is 2.39. The van der Waals surface area contributed by atoms with Crippen LogP contribution in [0.1, 0.15) is 35.2 Å². The molecule has 1 fully saturated rings. The molecule has 1 saturated heterocycles. The highest BCUT2D eigenvalue weighted by molar-refractivity contribution is 5.98. The summed E-state index contributed by atoms with van der Waals surface area (Å²) in [6, 6.07) is 15.6. The van der Waals surface area contributed by atoms with Gasteiger partial charge in [-0.25, -0.2) is 0 Å². The maximum Gasteiger partial charge on any atom is 0.314 e. The van der Waals surface area contributed by atoms with E-state index in [1.54, 1.807) is 18.2 Å². The van der Waals surface area contributed by atoms with Crippen LogP contribution in [0.2, 0.25) is 0 Å². The summed E-state index contributed by atoms with van der Waals surface area (Å²) in [5.41, 5.74) is 2.60. The van der Waals surface area contributed by atoms with Crippen molar-refractivity contribution in [3.63, 3.8) is 0 Å². The van der Waals surface area contributed by atoms with Crippen molar-refractivity contribution < 1.29 is 4.79 Å². The summed E-state index contributed by atoms with van der Waals surface area (Å²) < 4.78 is 0. The van der Waals surface area contributed by atoms with Gasteiger partial charge in [-0.15, -0.1) is 0 Å². The molecule has 2 N–H and O–H groups in total. The molecule has 2 aliphatic heterocycles. The third-order valence-corrected chi connectivity index (χ3v) is 5.74. The number of hydrogen-bond acceptors (Lipinski definition) is 3. The molecule has 2 bridgehead atoms. The van der Waals surface area contributed by atoms with Crippen LogP contribution in [0, 0.1) is 0 Å². The van der Waals surface area contributed by atoms with Crippen molar-refractivity contribution >= 4 is 22.5 Å². The molecule has 0 aliphatic carbocycles. The number of H-pyrrole nitrogens is 2. The summed E-state index contributed by atoms with van der Waals surface area (Å²) in [7, 11) is 0. The molecular weight excluding hydrogens is 354 g/mol.